The third kappa shape index (κ3) is 3.24. The van der Waals surface area contributed by atoms with E-state index in [9.17, 15) is 8.42 Å². The highest BCUT2D eigenvalue weighted by Gasteiger charge is 2.22. The molecule has 0 aromatic carbocycles. The fourth-order valence-corrected chi connectivity index (χ4v) is 3.26. The van der Waals surface area contributed by atoms with Crippen LogP contribution in [0.5, 0.6) is 0 Å². The summed E-state index contributed by atoms with van der Waals surface area (Å²) in [5.74, 6) is 0.600. The number of hydrogen-bond donors (Lipinski definition) is 1. The van der Waals surface area contributed by atoms with Crippen LogP contribution in [-0.2, 0) is 16.4 Å². The molecule has 0 amide bonds. The smallest absolute Gasteiger partial charge is 0.150 e. The lowest BCUT2D eigenvalue weighted by Crippen LogP contribution is -2.37. The number of rotatable bonds is 3. The van der Waals surface area contributed by atoms with Gasteiger partial charge in [0.2, 0.25) is 0 Å². The van der Waals surface area contributed by atoms with E-state index in [1.807, 2.05) is 6.07 Å². The fraction of sp³-hybridized carbons (Fsp3) is 0.600. The summed E-state index contributed by atoms with van der Waals surface area (Å²) in [5, 5.41) is 3.32. The molecule has 5 nitrogen and oxygen atoms in total. The van der Waals surface area contributed by atoms with Crippen molar-refractivity contribution in [3.05, 3.63) is 24.3 Å². The van der Waals surface area contributed by atoms with Crippen molar-refractivity contribution in [2.75, 3.05) is 11.5 Å². The Morgan fingerprint density at radius 1 is 1.38 bits per heavy atom. The van der Waals surface area contributed by atoms with Gasteiger partial charge in [-0.25, -0.2) is 18.4 Å². The van der Waals surface area contributed by atoms with Crippen LogP contribution in [-0.4, -0.2) is 35.9 Å². The molecule has 1 saturated heterocycles. The van der Waals surface area contributed by atoms with Gasteiger partial charge in [0.05, 0.1) is 17.2 Å². The summed E-state index contributed by atoms with van der Waals surface area (Å²) in [6.45, 7) is 0.674. The lowest BCUT2D eigenvalue weighted by Gasteiger charge is -2.22. The third-order valence-electron chi connectivity index (χ3n) is 2.77. The van der Waals surface area contributed by atoms with Crippen LogP contribution in [0.25, 0.3) is 0 Å². The van der Waals surface area contributed by atoms with Gasteiger partial charge in [0.25, 0.3) is 0 Å². The summed E-state index contributed by atoms with van der Waals surface area (Å²) in [4.78, 5) is 7.94. The van der Waals surface area contributed by atoms with Crippen molar-refractivity contribution in [2.24, 2.45) is 0 Å². The van der Waals surface area contributed by atoms with Crippen LogP contribution >= 0.6 is 0 Å². The second kappa shape index (κ2) is 4.88. The molecule has 1 aliphatic heterocycles. The van der Waals surface area contributed by atoms with Crippen molar-refractivity contribution >= 4 is 9.84 Å². The molecule has 0 saturated carbocycles. The largest absolute Gasteiger partial charge is 0.308 e. The average molecular weight is 241 g/mol. The zero-order valence-corrected chi connectivity index (χ0v) is 9.78. The first kappa shape index (κ1) is 11.5. The van der Waals surface area contributed by atoms with E-state index in [-0.39, 0.29) is 0 Å². The van der Waals surface area contributed by atoms with Crippen LogP contribution < -0.4 is 5.32 Å². The monoisotopic (exact) mass is 241 g/mol. The Kier molecular flexibility index (Phi) is 3.50. The van der Waals surface area contributed by atoms with E-state index in [1.54, 1.807) is 6.20 Å². The molecular formula is C10H15N3O2S. The standard InChI is InChI=1S/C10H15N3O2S/c14-16(15)5-2-9(3-6-16)12-7-10-1-4-11-8-13-10/h1,4,8-9,12H,2-3,5-7H2. The van der Waals surface area contributed by atoms with Gasteiger partial charge in [-0.15, -0.1) is 0 Å². The van der Waals surface area contributed by atoms with Gasteiger partial charge in [0.1, 0.15) is 16.2 Å². The quantitative estimate of drug-likeness (QED) is 0.815. The molecule has 88 valence electrons. The van der Waals surface area contributed by atoms with Gasteiger partial charge in [0, 0.05) is 18.8 Å². The van der Waals surface area contributed by atoms with Crippen molar-refractivity contribution in [1.29, 1.82) is 0 Å². The molecule has 1 aromatic rings. The van der Waals surface area contributed by atoms with Crippen molar-refractivity contribution in [1.82, 2.24) is 15.3 Å². The predicted octanol–water partition coefficient (Wildman–Crippen LogP) is 0.143. The van der Waals surface area contributed by atoms with Crippen LogP contribution in [0.3, 0.4) is 0 Å². The topological polar surface area (TPSA) is 72.0 Å². The molecule has 0 atom stereocenters. The van der Waals surface area contributed by atoms with Crippen LogP contribution in [0.4, 0.5) is 0 Å². The van der Waals surface area contributed by atoms with Crippen molar-refractivity contribution in [3.63, 3.8) is 0 Å². The van der Waals surface area contributed by atoms with Gasteiger partial charge in [-0.1, -0.05) is 0 Å². The highest BCUT2D eigenvalue weighted by Crippen LogP contribution is 2.12. The Labute approximate surface area is 95.2 Å². The predicted molar refractivity (Wildman–Crippen MR) is 60.5 cm³/mol. The van der Waals surface area contributed by atoms with Crippen LogP contribution in [0, 0.1) is 0 Å². The molecule has 0 spiro atoms. The van der Waals surface area contributed by atoms with Crippen molar-refractivity contribution < 1.29 is 8.42 Å². The van der Waals surface area contributed by atoms with Crippen LogP contribution in [0.15, 0.2) is 18.6 Å². The maximum Gasteiger partial charge on any atom is 0.150 e. The maximum absolute atomic E-state index is 11.2. The van der Waals surface area contributed by atoms with Crippen LogP contribution in [0.1, 0.15) is 18.5 Å². The Morgan fingerprint density at radius 2 is 2.12 bits per heavy atom. The molecule has 2 rings (SSSR count). The van der Waals surface area contributed by atoms with Gasteiger partial charge in [-0.3, -0.25) is 0 Å². The lowest BCUT2D eigenvalue weighted by atomic mass is 10.1. The lowest BCUT2D eigenvalue weighted by molar-refractivity contribution is 0.460. The van der Waals surface area contributed by atoms with Gasteiger partial charge in [-0.05, 0) is 18.9 Å². The average Bonchev–Trinajstić information content (AvgIpc) is 2.29. The summed E-state index contributed by atoms with van der Waals surface area (Å²) in [7, 11) is -2.76. The molecule has 0 aliphatic carbocycles. The highest BCUT2D eigenvalue weighted by atomic mass is 32.2. The Balaban J connectivity index is 1.80. The van der Waals surface area contributed by atoms with Crippen molar-refractivity contribution in [3.8, 4) is 0 Å². The number of hydrogen-bond acceptors (Lipinski definition) is 5. The van der Waals surface area contributed by atoms with Crippen LogP contribution in [0.2, 0.25) is 0 Å². The second-order valence-corrected chi connectivity index (χ2v) is 6.31. The number of sulfone groups is 1. The first-order valence-corrected chi connectivity index (χ1v) is 7.16. The fourth-order valence-electron chi connectivity index (χ4n) is 1.77. The molecule has 1 N–H and O–H groups in total. The van der Waals surface area contributed by atoms with E-state index in [0.29, 0.717) is 36.9 Å². The van der Waals surface area contributed by atoms with Gasteiger partial charge in [0.15, 0.2) is 0 Å². The first-order chi connectivity index (χ1) is 7.66. The Bertz CT molecular complexity index is 419. The second-order valence-electron chi connectivity index (χ2n) is 4.01. The minimum absolute atomic E-state index is 0.290. The summed E-state index contributed by atoms with van der Waals surface area (Å²) in [6.07, 6.45) is 4.62. The molecule has 6 heteroatoms. The SMILES string of the molecule is O=S1(=O)CCC(NCc2ccncn2)CC1. The molecule has 16 heavy (non-hydrogen) atoms. The molecule has 1 aromatic heterocycles. The van der Waals surface area contributed by atoms with E-state index in [0.717, 1.165) is 5.69 Å². The van der Waals surface area contributed by atoms with E-state index in [1.165, 1.54) is 6.33 Å². The van der Waals surface area contributed by atoms with Gasteiger partial charge >= 0.3 is 0 Å². The molecule has 2 heterocycles. The Hall–Kier alpha value is -1.01. The highest BCUT2D eigenvalue weighted by molar-refractivity contribution is 7.91. The molecular weight excluding hydrogens is 226 g/mol. The normalized spacial score (nSPS) is 20.8. The molecule has 1 fully saturated rings. The summed E-state index contributed by atoms with van der Waals surface area (Å²) in [6, 6.07) is 2.14. The van der Waals surface area contributed by atoms with E-state index in [2.05, 4.69) is 15.3 Å². The summed E-state index contributed by atoms with van der Waals surface area (Å²) in [5.41, 5.74) is 0.934. The number of nitrogens with zero attached hydrogens (tertiary/aromatic N) is 2. The molecule has 0 bridgehead atoms. The minimum Gasteiger partial charge on any atom is -0.308 e. The van der Waals surface area contributed by atoms with E-state index in [4.69, 9.17) is 0 Å². The number of aromatic nitrogens is 2. The Morgan fingerprint density at radius 3 is 2.75 bits per heavy atom. The first-order valence-electron chi connectivity index (χ1n) is 5.34. The van der Waals surface area contributed by atoms with Crippen molar-refractivity contribution in [2.45, 2.75) is 25.4 Å². The maximum atomic E-state index is 11.2. The van der Waals surface area contributed by atoms with E-state index >= 15 is 0 Å². The number of nitrogens with one attached hydrogen (secondary N) is 1. The zero-order valence-electron chi connectivity index (χ0n) is 8.96. The third-order valence-corrected chi connectivity index (χ3v) is 4.49. The summed E-state index contributed by atoms with van der Waals surface area (Å²) >= 11 is 0. The molecule has 0 radical (unpaired) electrons. The summed E-state index contributed by atoms with van der Waals surface area (Å²) < 4.78 is 22.4. The minimum atomic E-state index is -2.76. The van der Waals surface area contributed by atoms with E-state index < -0.39 is 9.84 Å². The molecule has 0 unspecified atom stereocenters. The molecule has 1 aliphatic rings. The van der Waals surface area contributed by atoms with Gasteiger partial charge < -0.3 is 5.32 Å². The van der Waals surface area contributed by atoms with Gasteiger partial charge in [-0.2, -0.15) is 0 Å². The zero-order chi connectivity index (χ0) is 11.4.